The fraction of sp³-hybridized carbons (Fsp3) is 0.333. The highest BCUT2D eigenvalue weighted by Gasteiger charge is 2.34. The fourth-order valence-corrected chi connectivity index (χ4v) is 6.54. The number of carbonyl (C=O) groups is 1. The largest absolute Gasteiger partial charge is 0.386 e. The molecule has 1 amide bonds. The van der Waals surface area contributed by atoms with E-state index in [2.05, 4.69) is 5.16 Å². The summed E-state index contributed by atoms with van der Waals surface area (Å²) in [5, 5.41) is 16.0. The number of rotatable bonds is 6. The molecule has 2 aromatic heterocycles. The molecule has 3 N–H and O–H groups in total. The Morgan fingerprint density at radius 3 is 2.38 bits per heavy atom. The second kappa shape index (κ2) is 10.3. The van der Waals surface area contributed by atoms with E-state index < -0.39 is 23.4 Å². The molecular weight excluding hydrogens is 540 g/mol. The average molecular weight is 574 g/mol. The van der Waals surface area contributed by atoms with E-state index in [1.54, 1.807) is 37.3 Å². The van der Waals surface area contributed by atoms with Crippen molar-refractivity contribution in [3.63, 3.8) is 0 Å². The highest BCUT2D eigenvalue weighted by Crippen LogP contribution is 2.45. The first-order chi connectivity index (χ1) is 20.0. The molecule has 1 fully saturated rings. The zero-order chi connectivity index (χ0) is 29.9. The van der Waals surface area contributed by atoms with Gasteiger partial charge in [-0.2, -0.15) is 0 Å². The number of ether oxygens (including phenoxy) is 1. The number of carbonyl (C=O) groups excluding carboxylic acids is 1. The standard InChI is InChI=1S/C33H33F2N3O4/c1-17-27(18(2)42-37-17)21-15-24(32(36)39)28-23-9-10-25(33(3,4)40)29(35)31(23)38(26(28)16-21)30(20-11-13-41-14-12-20)19-5-7-22(34)8-6-19/h5-10,15-16,20,30,40H,11-14H2,1-4H3,(H2,36,39). The van der Waals surface area contributed by atoms with Crippen LogP contribution in [0.25, 0.3) is 32.9 Å². The molecule has 1 saturated heterocycles. The summed E-state index contributed by atoms with van der Waals surface area (Å²) in [5.41, 5.74) is 8.49. The summed E-state index contributed by atoms with van der Waals surface area (Å²) >= 11 is 0. The molecule has 0 bridgehead atoms. The van der Waals surface area contributed by atoms with Crippen molar-refractivity contribution < 1.29 is 27.9 Å². The minimum Gasteiger partial charge on any atom is -0.386 e. The maximum absolute atomic E-state index is 16.8. The van der Waals surface area contributed by atoms with Gasteiger partial charge in [0.2, 0.25) is 5.91 Å². The van der Waals surface area contributed by atoms with Crippen LogP contribution in [0.15, 0.2) is 53.1 Å². The Bertz CT molecular complexity index is 1810. The normalized spacial score (nSPS) is 15.5. The molecule has 9 heteroatoms. The SMILES string of the molecule is Cc1noc(C)c1-c1cc(C(N)=O)c2c3ccc(C(C)(C)O)c(F)c3n(C(c3ccc(F)cc3)C3CCOCC3)c2c1. The van der Waals surface area contributed by atoms with Gasteiger partial charge in [0.1, 0.15) is 11.6 Å². The van der Waals surface area contributed by atoms with Gasteiger partial charge in [0.05, 0.1) is 28.4 Å². The monoisotopic (exact) mass is 573 g/mol. The van der Waals surface area contributed by atoms with Crippen LogP contribution in [-0.4, -0.2) is 34.0 Å². The molecule has 1 unspecified atom stereocenters. The average Bonchev–Trinajstić information content (AvgIpc) is 3.46. The van der Waals surface area contributed by atoms with Gasteiger partial charge in [-0.1, -0.05) is 29.4 Å². The number of primary amides is 1. The second-order valence-corrected chi connectivity index (χ2v) is 11.7. The maximum Gasteiger partial charge on any atom is 0.249 e. The van der Waals surface area contributed by atoms with Gasteiger partial charge in [0.15, 0.2) is 5.82 Å². The molecule has 7 nitrogen and oxygen atoms in total. The molecule has 1 aliphatic rings. The predicted octanol–water partition coefficient (Wildman–Crippen LogP) is 6.69. The topological polar surface area (TPSA) is 104 Å². The number of aromatic nitrogens is 2. The van der Waals surface area contributed by atoms with Gasteiger partial charge in [-0.15, -0.1) is 0 Å². The van der Waals surface area contributed by atoms with Gasteiger partial charge in [-0.05, 0) is 81.8 Å². The molecule has 42 heavy (non-hydrogen) atoms. The third kappa shape index (κ3) is 4.57. The van der Waals surface area contributed by atoms with Crippen LogP contribution >= 0.6 is 0 Å². The Kier molecular flexibility index (Phi) is 6.90. The Morgan fingerprint density at radius 2 is 1.79 bits per heavy atom. The van der Waals surface area contributed by atoms with Crippen molar-refractivity contribution in [1.82, 2.24) is 9.72 Å². The number of nitrogens with two attached hydrogens (primary N) is 1. The number of fused-ring (bicyclic) bond motifs is 3. The Labute approximate surface area is 241 Å². The summed E-state index contributed by atoms with van der Waals surface area (Å²) in [6, 6.07) is 12.7. The highest BCUT2D eigenvalue weighted by molar-refractivity contribution is 6.19. The summed E-state index contributed by atoms with van der Waals surface area (Å²) in [6.07, 6.45) is 1.39. The second-order valence-electron chi connectivity index (χ2n) is 11.7. The van der Waals surface area contributed by atoms with Gasteiger partial charge in [0, 0.05) is 40.7 Å². The molecule has 0 aliphatic carbocycles. The summed E-state index contributed by atoms with van der Waals surface area (Å²) in [5.74, 6) is -1.06. The number of halogens is 2. The molecule has 5 aromatic rings. The number of aliphatic hydroxyl groups is 1. The summed E-state index contributed by atoms with van der Waals surface area (Å²) in [6.45, 7) is 7.74. The lowest BCUT2D eigenvalue weighted by atomic mass is 9.86. The lowest BCUT2D eigenvalue weighted by molar-refractivity contribution is 0.0551. The van der Waals surface area contributed by atoms with Crippen molar-refractivity contribution in [2.24, 2.45) is 11.7 Å². The van der Waals surface area contributed by atoms with E-state index in [0.29, 0.717) is 59.4 Å². The molecule has 3 aromatic carbocycles. The maximum atomic E-state index is 16.8. The van der Waals surface area contributed by atoms with Crippen LogP contribution in [-0.2, 0) is 10.3 Å². The lowest BCUT2D eigenvalue weighted by Gasteiger charge is -2.33. The van der Waals surface area contributed by atoms with E-state index in [1.807, 2.05) is 17.6 Å². The Hall–Kier alpha value is -4.08. The van der Waals surface area contributed by atoms with Crippen LogP contribution in [0.1, 0.15) is 65.7 Å². The molecule has 0 saturated carbocycles. The molecule has 1 atom stereocenters. The molecule has 6 rings (SSSR count). The van der Waals surface area contributed by atoms with Crippen LogP contribution < -0.4 is 5.73 Å². The molecular formula is C33H33F2N3O4. The van der Waals surface area contributed by atoms with Crippen molar-refractivity contribution in [3.05, 3.63) is 88.3 Å². The summed E-state index contributed by atoms with van der Waals surface area (Å²) < 4.78 is 44.0. The van der Waals surface area contributed by atoms with Crippen molar-refractivity contribution >= 4 is 27.7 Å². The van der Waals surface area contributed by atoms with Crippen molar-refractivity contribution in [3.8, 4) is 11.1 Å². The number of hydrogen-bond acceptors (Lipinski definition) is 5. The van der Waals surface area contributed by atoms with Crippen LogP contribution in [0.3, 0.4) is 0 Å². The molecule has 3 heterocycles. The lowest BCUT2D eigenvalue weighted by Crippen LogP contribution is -2.27. The first-order valence-corrected chi connectivity index (χ1v) is 14.1. The van der Waals surface area contributed by atoms with Gasteiger partial charge in [-0.3, -0.25) is 4.79 Å². The fourth-order valence-electron chi connectivity index (χ4n) is 6.54. The van der Waals surface area contributed by atoms with Crippen LogP contribution in [0, 0.1) is 31.4 Å². The third-order valence-corrected chi connectivity index (χ3v) is 8.45. The zero-order valence-corrected chi connectivity index (χ0v) is 24.0. The quantitative estimate of drug-likeness (QED) is 0.236. The van der Waals surface area contributed by atoms with Gasteiger partial charge in [0.25, 0.3) is 0 Å². The molecule has 0 radical (unpaired) electrons. The van der Waals surface area contributed by atoms with E-state index in [1.165, 1.54) is 26.0 Å². The van der Waals surface area contributed by atoms with Crippen molar-refractivity contribution in [2.75, 3.05) is 13.2 Å². The minimum atomic E-state index is -1.47. The van der Waals surface area contributed by atoms with Crippen LogP contribution in [0.2, 0.25) is 0 Å². The first kappa shape index (κ1) is 28.1. The Morgan fingerprint density at radius 1 is 1.10 bits per heavy atom. The number of benzene rings is 3. The smallest absolute Gasteiger partial charge is 0.249 e. The number of hydrogen-bond donors (Lipinski definition) is 2. The number of aryl methyl sites for hydroxylation is 2. The van der Waals surface area contributed by atoms with E-state index >= 15 is 4.39 Å². The molecule has 0 spiro atoms. The minimum absolute atomic E-state index is 0.00736. The highest BCUT2D eigenvalue weighted by atomic mass is 19.1. The summed E-state index contributed by atoms with van der Waals surface area (Å²) in [4.78, 5) is 13.0. The van der Waals surface area contributed by atoms with E-state index in [0.717, 1.165) is 11.1 Å². The zero-order valence-electron chi connectivity index (χ0n) is 24.0. The van der Waals surface area contributed by atoms with E-state index in [4.69, 9.17) is 15.0 Å². The van der Waals surface area contributed by atoms with Crippen LogP contribution in [0.4, 0.5) is 8.78 Å². The van der Waals surface area contributed by atoms with Gasteiger partial charge >= 0.3 is 0 Å². The molecule has 1 aliphatic heterocycles. The van der Waals surface area contributed by atoms with Crippen molar-refractivity contribution in [2.45, 2.75) is 52.2 Å². The van der Waals surface area contributed by atoms with Crippen LogP contribution in [0.5, 0.6) is 0 Å². The number of amides is 1. The van der Waals surface area contributed by atoms with E-state index in [9.17, 15) is 14.3 Å². The van der Waals surface area contributed by atoms with Gasteiger partial charge in [-0.25, -0.2) is 8.78 Å². The number of nitrogens with zero attached hydrogens (tertiary/aromatic N) is 2. The van der Waals surface area contributed by atoms with E-state index in [-0.39, 0.29) is 28.4 Å². The Balaban J connectivity index is 1.81. The third-order valence-electron chi connectivity index (χ3n) is 8.45. The van der Waals surface area contributed by atoms with Crippen molar-refractivity contribution in [1.29, 1.82) is 0 Å². The first-order valence-electron chi connectivity index (χ1n) is 14.1. The van der Waals surface area contributed by atoms with Gasteiger partial charge < -0.3 is 24.7 Å². The molecule has 218 valence electrons. The predicted molar refractivity (Wildman–Crippen MR) is 156 cm³/mol. The summed E-state index contributed by atoms with van der Waals surface area (Å²) in [7, 11) is 0.